The maximum absolute atomic E-state index is 14.7. The van der Waals surface area contributed by atoms with Crippen LogP contribution in [0.3, 0.4) is 0 Å². The first kappa shape index (κ1) is 35.8. The molecule has 2 aromatic carbocycles. The lowest BCUT2D eigenvalue weighted by molar-refractivity contribution is -0.153. The molecule has 2 fully saturated rings. The standard InChI is InChI=1S/C38H54N4O6/c1-36(2,3)39-33(44)30-24-41(35(46)48-37(4,5)6)19-18-40(30)23-28(43)21-27(20-25-14-10-9-11-15-25)34(45)42-32-29-17-13-12-16-26(29)22-31(32)47-38(42,7)8/h9-17,27-28,30-32,43H,18-24H2,1-8H3,(H,39,44). The summed E-state index contributed by atoms with van der Waals surface area (Å²) in [5, 5.41) is 14.7. The Morgan fingerprint density at radius 1 is 1.00 bits per heavy atom. The zero-order valence-corrected chi connectivity index (χ0v) is 29.9. The fraction of sp³-hybridized carbons (Fsp3) is 0.605. The molecule has 2 heterocycles. The summed E-state index contributed by atoms with van der Waals surface area (Å²) in [7, 11) is 0. The average molecular weight is 663 g/mol. The van der Waals surface area contributed by atoms with Crippen LogP contribution in [0, 0.1) is 5.92 Å². The lowest BCUT2D eigenvalue weighted by Gasteiger charge is -2.42. The first-order valence-corrected chi connectivity index (χ1v) is 17.3. The number of aliphatic hydroxyl groups is 1. The zero-order valence-electron chi connectivity index (χ0n) is 29.9. The summed E-state index contributed by atoms with van der Waals surface area (Å²) in [6.45, 7) is 16.1. The van der Waals surface area contributed by atoms with Gasteiger partial charge in [-0.05, 0) is 84.9 Å². The molecular formula is C38H54N4O6. The third kappa shape index (κ3) is 8.39. The van der Waals surface area contributed by atoms with E-state index < -0.39 is 41.0 Å². The molecule has 10 nitrogen and oxygen atoms in total. The number of ether oxygens (including phenoxy) is 2. The molecule has 5 rings (SSSR count). The Kier molecular flexibility index (Phi) is 10.3. The Balaban J connectivity index is 1.36. The van der Waals surface area contributed by atoms with Gasteiger partial charge < -0.3 is 29.7 Å². The fourth-order valence-corrected chi connectivity index (χ4v) is 7.39. The molecule has 2 saturated heterocycles. The van der Waals surface area contributed by atoms with Crippen molar-refractivity contribution in [2.45, 2.75) is 116 Å². The minimum atomic E-state index is -0.904. The second-order valence-corrected chi connectivity index (χ2v) is 16.1. The van der Waals surface area contributed by atoms with Gasteiger partial charge in [0.1, 0.15) is 17.4 Å². The molecule has 2 aliphatic heterocycles. The number of piperazine rings is 1. The van der Waals surface area contributed by atoms with E-state index in [0.717, 1.165) is 17.5 Å². The second-order valence-electron chi connectivity index (χ2n) is 16.1. The molecule has 2 N–H and O–H groups in total. The second kappa shape index (κ2) is 13.8. The van der Waals surface area contributed by atoms with E-state index in [2.05, 4.69) is 17.4 Å². The smallest absolute Gasteiger partial charge is 0.410 e. The first-order valence-electron chi connectivity index (χ1n) is 17.3. The van der Waals surface area contributed by atoms with Crippen LogP contribution in [0.15, 0.2) is 54.6 Å². The Morgan fingerprint density at radius 3 is 2.33 bits per heavy atom. The van der Waals surface area contributed by atoms with Gasteiger partial charge in [-0.1, -0.05) is 54.6 Å². The molecule has 3 amide bonds. The molecule has 48 heavy (non-hydrogen) atoms. The highest BCUT2D eigenvalue weighted by molar-refractivity contribution is 5.84. The number of carbonyl (C=O) groups excluding carboxylic acids is 3. The molecular weight excluding hydrogens is 608 g/mol. The van der Waals surface area contributed by atoms with Crippen LogP contribution >= 0.6 is 0 Å². The number of nitrogens with one attached hydrogen (secondary N) is 1. The number of benzene rings is 2. The Hall–Kier alpha value is -3.47. The predicted octanol–water partition coefficient (Wildman–Crippen LogP) is 4.69. The summed E-state index contributed by atoms with van der Waals surface area (Å²) in [4.78, 5) is 46.7. The van der Waals surface area contributed by atoms with Gasteiger partial charge in [-0.15, -0.1) is 0 Å². The highest BCUT2D eigenvalue weighted by atomic mass is 16.6. The molecule has 0 aromatic heterocycles. The molecule has 2 aromatic rings. The van der Waals surface area contributed by atoms with E-state index >= 15 is 0 Å². The third-order valence-electron chi connectivity index (χ3n) is 9.30. The summed E-state index contributed by atoms with van der Waals surface area (Å²) < 4.78 is 12.1. The van der Waals surface area contributed by atoms with Crippen LogP contribution in [0.1, 0.15) is 84.5 Å². The molecule has 5 atom stereocenters. The molecule has 0 radical (unpaired) electrons. The molecule has 0 saturated carbocycles. The summed E-state index contributed by atoms with van der Waals surface area (Å²) in [6, 6.07) is 17.2. The number of rotatable bonds is 8. The zero-order chi connectivity index (χ0) is 35.0. The number of carbonyl (C=O) groups is 3. The van der Waals surface area contributed by atoms with Crippen LogP contribution in [0.5, 0.6) is 0 Å². The summed E-state index contributed by atoms with van der Waals surface area (Å²) in [6.07, 6.45) is -0.0621. The SMILES string of the molecule is CC(C)(C)NC(=O)C1CN(C(=O)OC(C)(C)C)CCN1CC(O)CC(Cc1ccccc1)C(=O)N1C2c3ccccc3CC2OC1(C)C. The van der Waals surface area contributed by atoms with Crippen molar-refractivity contribution in [3.8, 4) is 0 Å². The summed E-state index contributed by atoms with van der Waals surface area (Å²) >= 11 is 0. The van der Waals surface area contributed by atoms with Crippen LogP contribution in [-0.4, -0.2) is 99.0 Å². The Labute approximate surface area is 285 Å². The normalized spacial score (nSPS) is 23.6. The molecule has 262 valence electrons. The van der Waals surface area contributed by atoms with Crippen molar-refractivity contribution < 1.29 is 29.0 Å². The van der Waals surface area contributed by atoms with Crippen molar-refractivity contribution in [2.75, 3.05) is 26.2 Å². The Morgan fingerprint density at radius 2 is 1.67 bits per heavy atom. The van der Waals surface area contributed by atoms with Gasteiger partial charge in [0.25, 0.3) is 0 Å². The van der Waals surface area contributed by atoms with Gasteiger partial charge in [-0.2, -0.15) is 0 Å². The van der Waals surface area contributed by atoms with Crippen LogP contribution in [-0.2, 0) is 31.9 Å². The van der Waals surface area contributed by atoms with E-state index in [1.807, 2.05) is 108 Å². The molecule has 3 aliphatic rings. The lowest BCUT2D eigenvalue weighted by atomic mass is 9.90. The van der Waals surface area contributed by atoms with Gasteiger partial charge in [-0.25, -0.2) is 4.79 Å². The van der Waals surface area contributed by atoms with E-state index in [1.165, 1.54) is 5.56 Å². The third-order valence-corrected chi connectivity index (χ3v) is 9.30. The van der Waals surface area contributed by atoms with Gasteiger partial charge >= 0.3 is 6.09 Å². The van der Waals surface area contributed by atoms with Gasteiger partial charge in [-0.3, -0.25) is 14.5 Å². The topological polar surface area (TPSA) is 112 Å². The van der Waals surface area contributed by atoms with Crippen LogP contribution < -0.4 is 5.32 Å². The molecule has 0 bridgehead atoms. The molecule has 1 aliphatic carbocycles. The maximum atomic E-state index is 14.7. The Bertz CT molecular complexity index is 1470. The van der Waals surface area contributed by atoms with Crippen LogP contribution in [0.4, 0.5) is 4.79 Å². The van der Waals surface area contributed by atoms with Crippen molar-refractivity contribution in [3.05, 3.63) is 71.3 Å². The molecule has 5 unspecified atom stereocenters. The van der Waals surface area contributed by atoms with E-state index in [9.17, 15) is 19.5 Å². The minimum absolute atomic E-state index is 0.0520. The summed E-state index contributed by atoms with van der Waals surface area (Å²) in [5.74, 6) is -0.799. The van der Waals surface area contributed by atoms with Crippen molar-refractivity contribution >= 4 is 17.9 Å². The number of hydrogen-bond acceptors (Lipinski definition) is 7. The maximum Gasteiger partial charge on any atom is 0.410 e. The minimum Gasteiger partial charge on any atom is -0.444 e. The van der Waals surface area contributed by atoms with E-state index in [1.54, 1.807) is 4.90 Å². The number of aliphatic hydroxyl groups excluding tert-OH is 1. The van der Waals surface area contributed by atoms with Gasteiger partial charge in [0, 0.05) is 44.1 Å². The number of fused-ring (bicyclic) bond motifs is 3. The van der Waals surface area contributed by atoms with E-state index in [-0.39, 0.29) is 43.5 Å². The quantitative estimate of drug-likeness (QED) is 0.422. The molecule has 0 spiro atoms. The van der Waals surface area contributed by atoms with Crippen molar-refractivity contribution in [1.29, 1.82) is 0 Å². The lowest BCUT2D eigenvalue weighted by Crippen LogP contribution is -2.63. The van der Waals surface area contributed by atoms with Gasteiger partial charge in [0.2, 0.25) is 11.8 Å². The summed E-state index contributed by atoms with van der Waals surface area (Å²) in [5.41, 5.74) is 1.38. The highest BCUT2D eigenvalue weighted by Crippen LogP contribution is 2.49. The van der Waals surface area contributed by atoms with Gasteiger partial charge in [0.15, 0.2) is 0 Å². The van der Waals surface area contributed by atoms with E-state index in [4.69, 9.17) is 9.47 Å². The highest BCUT2D eigenvalue weighted by Gasteiger charge is 2.54. The van der Waals surface area contributed by atoms with Crippen molar-refractivity contribution in [3.63, 3.8) is 0 Å². The van der Waals surface area contributed by atoms with Crippen LogP contribution in [0.2, 0.25) is 0 Å². The fourth-order valence-electron chi connectivity index (χ4n) is 7.39. The number of β-amino-alcohol motifs (C(OH)–C–C–N with tert-alkyl or cyclic N) is 1. The first-order chi connectivity index (χ1) is 22.4. The average Bonchev–Trinajstić information content (AvgIpc) is 3.45. The molecule has 10 heteroatoms. The number of amides is 3. The van der Waals surface area contributed by atoms with Crippen molar-refractivity contribution in [2.24, 2.45) is 5.92 Å². The van der Waals surface area contributed by atoms with E-state index in [0.29, 0.717) is 19.5 Å². The monoisotopic (exact) mass is 662 g/mol. The number of hydrogen-bond donors (Lipinski definition) is 2. The largest absolute Gasteiger partial charge is 0.444 e. The van der Waals surface area contributed by atoms with Crippen molar-refractivity contribution in [1.82, 2.24) is 20.0 Å². The predicted molar refractivity (Wildman–Crippen MR) is 184 cm³/mol. The van der Waals surface area contributed by atoms with Crippen LogP contribution in [0.25, 0.3) is 0 Å². The number of nitrogens with zero attached hydrogens (tertiary/aromatic N) is 3. The van der Waals surface area contributed by atoms with Gasteiger partial charge in [0.05, 0.1) is 18.2 Å².